The fraction of sp³-hybridized carbons (Fsp3) is 0.625. The number of ether oxygens (including phenoxy) is 1. The zero-order valence-electron chi connectivity index (χ0n) is 27.6. The van der Waals surface area contributed by atoms with E-state index in [1.165, 1.54) is 29.2 Å². The summed E-state index contributed by atoms with van der Waals surface area (Å²) in [6.45, 7) is 4.73. The van der Waals surface area contributed by atoms with Crippen molar-refractivity contribution in [3.63, 3.8) is 0 Å². The van der Waals surface area contributed by atoms with Crippen molar-refractivity contribution < 1.29 is 44.9 Å². The van der Waals surface area contributed by atoms with Crippen molar-refractivity contribution in [2.75, 3.05) is 6.54 Å². The molecule has 3 N–H and O–H groups in total. The fourth-order valence-corrected chi connectivity index (χ4v) is 8.82. The number of amides is 4. The number of hydrogen-bond acceptors (Lipinski definition) is 10. The van der Waals surface area contributed by atoms with E-state index in [0.717, 1.165) is 6.42 Å². The lowest BCUT2D eigenvalue weighted by Crippen LogP contribution is -2.58. The number of sulfonamides is 1. The Morgan fingerprint density at radius 2 is 1.71 bits per heavy atom. The van der Waals surface area contributed by atoms with E-state index < -0.39 is 84.5 Å². The number of nitrogens with one attached hydrogen (secondary N) is 3. The minimum Gasteiger partial charge on any atom is -0.444 e. The van der Waals surface area contributed by atoms with Gasteiger partial charge in [-0.15, -0.1) is 0 Å². The molecule has 0 unspecified atom stereocenters. The van der Waals surface area contributed by atoms with E-state index in [2.05, 4.69) is 31.3 Å². The molecule has 5 rings (SSSR count). The molecule has 2 aliphatic carbocycles. The number of fused-ring (bicyclic) bond motifs is 2. The van der Waals surface area contributed by atoms with E-state index in [-0.39, 0.29) is 30.7 Å². The van der Waals surface area contributed by atoms with Gasteiger partial charge in [0.05, 0.1) is 16.2 Å². The molecule has 0 radical (unpaired) electrons. The van der Waals surface area contributed by atoms with Gasteiger partial charge in [0, 0.05) is 23.4 Å². The van der Waals surface area contributed by atoms with Gasteiger partial charge in [-0.2, -0.15) is 8.42 Å². The monoisotopic (exact) mass is 786 g/mol. The number of rotatable bonds is 7. The van der Waals surface area contributed by atoms with Gasteiger partial charge in [0.1, 0.15) is 23.2 Å². The van der Waals surface area contributed by atoms with Crippen LogP contribution in [0.2, 0.25) is 0 Å². The van der Waals surface area contributed by atoms with E-state index in [0.29, 0.717) is 36.6 Å². The van der Waals surface area contributed by atoms with Gasteiger partial charge in [0.2, 0.25) is 21.8 Å². The molecule has 3 fully saturated rings. The molecule has 0 aromatic heterocycles. The van der Waals surface area contributed by atoms with Crippen molar-refractivity contribution in [1.29, 1.82) is 0 Å². The predicted octanol–water partition coefficient (Wildman–Crippen LogP) is 3.02. The van der Waals surface area contributed by atoms with Crippen LogP contribution in [-0.2, 0) is 43.4 Å². The standard InChI is InChI=1S/C32H43BrN4O10S2/c1-31(2,3)46-30(41)34-25-10-8-6-4-5-7-9-20-18-32(20,29(40)36-48(42,43)23-15-16-23)35-27(38)26-17-22(19-37(26)28(25)39)47-49(44,45)24-13-11-21(33)12-14-24/h7,9,11-14,20,22-23,25-26H,4-6,8,10,15-19H2,1-3H3,(H,34,41)(H,35,38)(H,36,40)/b9-7-/t20-,22+,25+,26+,32-/m1/s1. The number of carbonyl (C=O) groups excluding carboxylic acids is 4. The molecule has 17 heteroatoms. The summed E-state index contributed by atoms with van der Waals surface area (Å²) in [5, 5.41) is 4.70. The largest absolute Gasteiger partial charge is 0.444 e. The Morgan fingerprint density at radius 3 is 2.37 bits per heavy atom. The van der Waals surface area contributed by atoms with Crippen LogP contribution in [0, 0.1) is 5.92 Å². The Hall–Kier alpha value is -3.02. The average Bonchev–Trinajstić information content (AvgIpc) is 3.92. The van der Waals surface area contributed by atoms with E-state index in [1.807, 2.05) is 6.08 Å². The SMILES string of the molecule is CC(C)(C)OC(=O)N[C@H]1CCCCC/C=C\[C@@H]2C[C@@]2(C(=O)NS(=O)(=O)C2CC2)NC(=O)[C@@H]2C[C@H](OS(=O)(=O)c3ccc(Br)cc3)CN2C1=O. The highest BCUT2D eigenvalue weighted by Gasteiger charge is 2.62. The topological polar surface area (TPSA) is 194 Å². The quantitative estimate of drug-likeness (QED) is 0.273. The number of allylic oxidation sites excluding steroid dienone is 1. The molecular formula is C32H43BrN4O10S2. The maximum Gasteiger partial charge on any atom is 0.408 e. The lowest BCUT2D eigenvalue weighted by atomic mass is 10.0. The first-order valence-corrected chi connectivity index (χ1v) is 20.2. The Bertz CT molecular complexity index is 1710. The number of nitrogens with zero attached hydrogens (tertiary/aromatic N) is 1. The third kappa shape index (κ3) is 9.21. The van der Waals surface area contributed by atoms with Crippen LogP contribution in [0.5, 0.6) is 0 Å². The smallest absolute Gasteiger partial charge is 0.408 e. The second kappa shape index (κ2) is 14.3. The van der Waals surface area contributed by atoms with Gasteiger partial charge >= 0.3 is 6.09 Å². The molecule has 2 saturated carbocycles. The first-order chi connectivity index (χ1) is 22.9. The van der Waals surface area contributed by atoms with E-state index in [1.54, 1.807) is 26.8 Å². The predicted molar refractivity (Wildman–Crippen MR) is 181 cm³/mol. The lowest BCUT2D eigenvalue weighted by Gasteiger charge is -2.30. The van der Waals surface area contributed by atoms with E-state index in [4.69, 9.17) is 8.92 Å². The Kier molecular flexibility index (Phi) is 10.9. The first kappa shape index (κ1) is 37.2. The number of halogens is 1. The minimum absolute atomic E-state index is 0.125. The summed E-state index contributed by atoms with van der Waals surface area (Å²) in [5.41, 5.74) is -2.43. The molecule has 1 saturated heterocycles. The average molecular weight is 788 g/mol. The molecule has 14 nitrogen and oxygen atoms in total. The number of hydrogen-bond donors (Lipinski definition) is 3. The molecule has 4 amide bonds. The first-order valence-electron chi connectivity index (χ1n) is 16.4. The summed E-state index contributed by atoms with van der Waals surface area (Å²) in [7, 11) is -8.25. The zero-order valence-corrected chi connectivity index (χ0v) is 30.9. The van der Waals surface area contributed by atoms with Gasteiger partial charge in [0.15, 0.2) is 0 Å². The second-order valence-electron chi connectivity index (χ2n) is 14.1. The van der Waals surface area contributed by atoms with E-state index in [9.17, 15) is 36.0 Å². The van der Waals surface area contributed by atoms with Crippen molar-refractivity contribution in [3.05, 3.63) is 40.9 Å². The number of carbonyl (C=O) groups is 4. The molecule has 5 atom stereocenters. The third-order valence-corrected chi connectivity index (χ3v) is 12.6. The van der Waals surface area contributed by atoms with Crippen LogP contribution in [-0.4, -0.2) is 86.7 Å². The summed E-state index contributed by atoms with van der Waals surface area (Å²) in [6.07, 6.45) is 5.36. The lowest BCUT2D eigenvalue weighted by molar-refractivity contribution is -0.141. The van der Waals surface area contributed by atoms with Gasteiger partial charge in [0.25, 0.3) is 16.0 Å². The van der Waals surface area contributed by atoms with Crippen molar-refractivity contribution in [1.82, 2.24) is 20.3 Å². The van der Waals surface area contributed by atoms with Gasteiger partial charge < -0.3 is 20.3 Å². The molecule has 1 aromatic carbocycles. The van der Waals surface area contributed by atoms with Crippen molar-refractivity contribution in [2.24, 2.45) is 5.92 Å². The van der Waals surface area contributed by atoms with Crippen molar-refractivity contribution in [3.8, 4) is 0 Å². The summed E-state index contributed by atoms with van der Waals surface area (Å²) in [4.78, 5) is 55.7. The van der Waals surface area contributed by atoms with Gasteiger partial charge in [-0.05, 0) is 83.6 Å². The molecule has 49 heavy (non-hydrogen) atoms. The number of alkyl carbamates (subject to hydrolysis) is 1. The van der Waals surface area contributed by atoms with Crippen LogP contribution in [0.15, 0.2) is 45.8 Å². The van der Waals surface area contributed by atoms with E-state index >= 15 is 0 Å². The zero-order chi connectivity index (χ0) is 35.8. The molecule has 0 bridgehead atoms. The molecule has 0 spiro atoms. The summed E-state index contributed by atoms with van der Waals surface area (Å²) in [5.74, 6) is -2.78. The van der Waals surface area contributed by atoms with Crippen LogP contribution < -0.4 is 15.4 Å². The van der Waals surface area contributed by atoms with Gasteiger partial charge in [-0.3, -0.25) is 23.3 Å². The highest BCUT2D eigenvalue weighted by Crippen LogP contribution is 2.46. The second-order valence-corrected chi connectivity index (χ2v) is 18.5. The Labute approximate surface area is 295 Å². The molecule has 1 aromatic rings. The molecule has 2 heterocycles. The van der Waals surface area contributed by atoms with Gasteiger partial charge in [-0.25, -0.2) is 13.2 Å². The third-order valence-electron chi connectivity index (χ3n) is 8.90. The molecule has 4 aliphatic rings. The van der Waals surface area contributed by atoms with Crippen LogP contribution in [0.25, 0.3) is 0 Å². The highest BCUT2D eigenvalue weighted by molar-refractivity contribution is 9.10. The summed E-state index contributed by atoms with van der Waals surface area (Å²) in [6, 6.07) is 3.36. The fourth-order valence-electron chi connectivity index (χ4n) is 6.12. The van der Waals surface area contributed by atoms with Crippen LogP contribution in [0.3, 0.4) is 0 Å². The maximum absolute atomic E-state index is 14.2. The Morgan fingerprint density at radius 1 is 1.02 bits per heavy atom. The molecule has 2 aliphatic heterocycles. The van der Waals surface area contributed by atoms with Crippen molar-refractivity contribution in [2.45, 2.75) is 118 Å². The number of benzene rings is 1. The molecule has 270 valence electrons. The van der Waals surface area contributed by atoms with Crippen LogP contribution in [0.1, 0.15) is 78.6 Å². The highest BCUT2D eigenvalue weighted by atomic mass is 79.9. The maximum atomic E-state index is 14.2. The normalized spacial score (nSPS) is 28.9. The summed E-state index contributed by atoms with van der Waals surface area (Å²) < 4.78 is 65.6. The summed E-state index contributed by atoms with van der Waals surface area (Å²) >= 11 is 3.27. The Balaban J connectivity index is 1.45. The molecular weight excluding hydrogens is 744 g/mol. The van der Waals surface area contributed by atoms with Crippen LogP contribution in [0.4, 0.5) is 4.79 Å². The van der Waals surface area contributed by atoms with Gasteiger partial charge in [-0.1, -0.05) is 40.9 Å². The van der Waals surface area contributed by atoms with Crippen molar-refractivity contribution >= 4 is 59.9 Å². The van der Waals surface area contributed by atoms with Crippen LogP contribution >= 0.6 is 15.9 Å². The minimum atomic E-state index is -4.32.